The molecule has 0 spiro atoms. The monoisotopic (exact) mass is 260 g/mol. The molecule has 2 N–H and O–H groups in total. The molecular weight excluding hydrogens is 245 g/mol. The zero-order valence-corrected chi connectivity index (χ0v) is 9.83. The number of halogens is 3. The fourth-order valence-corrected chi connectivity index (χ4v) is 2.02. The van der Waals surface area contributed by atoms with Crippen molar-refractivity contribution in [3.8, 4) is 0 Å². The van der Waals surface area contributed by atoms with Crippen LogP contribution in [0.2, 0.25) is 0 Å². The van der Waals surface area contributed by atoms with Crippen LogP contribution in [0.3, 0.4) is 0 Å². The molecular formula is C12H15F3N2O. The Morgan fingerprint density at radius 3 is 2.44 bits per heavy atom. The first-order valence-electron chi connectivity index (χ1n) is 5.75. The molecule has 0 unspecified atom stereocenters. The molecule has 18 heavy (non-hydrogen) atoms. The third-order valence-corrected chi connectivity index (χ3v) is 2.95. The maximum Gasteiger partial charge on any atom is 0.418 e. The van der Waals surface area contributed by atoms with Gasteiger partial charge in [-0.2, -0.15) is 13.2 Å². The normalized spacial score (nSPS) is 17.0. The van der Waals surface area contributed by atoms with Crippen LogP contribution in [0, 0.1) is 0 Å². The van der Waals surface area contributed by atoms with Crippen molar-refractivity contribution in [2.24, 2.45) is 5.73 Å². The van der Waals surface area contributed by atoms with Gasteiger partial charge in [-0.15, -0.1) is 0 Å². The van der Waals surface area contributed by atoms with Crippen molar-refractivity contribution < 1.29 is 17.9 Å². The zero-order valence-electron chi connectivity index (χ0n) is 9.83. The lowest BCUT2D eigenvalue weighted by atomic mass is 10.1. The average Bonchev–Trinajstić information content (AvgIpc) is 2.38. The van der Waals surface area contributed by atoms with Crippen LogP contribution in [-0.4, -0.2) is 26.3 Å². The number of morpholine rings is 1. The average molecular weight is 260 g/mol. The summed E-state index contributed by atoms with van der Waals surface area (Å²) in [6.07, 6.45) is -4.36. The van der Waals surface area contributed by atoms with Gasteiger partial charge in [0.05, 0.1) is 18.8 Å². The molecule has 0 radical (unpaired) electrons. The Morgan fingerprint density at radius 2 is 1.89 bits per heavy atom. The van der Waals surface area contributed by atoms with Gasteiger partial charge in [0.15, 0.2) is 0 Å². The fourth-order valence-electron chi connectivity index (χ4n) is 2.02. The smallest absolute Gasteiger partial charge is 0.378 e. The van der Waals surface area contributed by atoms with Gasteiger partial charge in [-0.3, -0.25) is 0 Å². The highest BCUT2D eigenvalue weighted by molar-refractivity contribution is 5.56. The van der Waals surface area contributed by atoms with Crippen molar-refractivity contribution in [3.63, 3.8) is 0 Å². The number of benzene rings is 1. The number of hydrogen-bond acceptors (Lipinski definition) is 3. The molecule has 1 fully saturated rings. The predicted octanol–water partition coefficient (Wildman–Crippen LogP) is 2.00. The lowest BCUT2D eigenvalue weighted by Crippen LogP contribution is -2.37. The maximum atomic E-state index is 13.0. The van der Waals surface area contributed by atoms with E-state index in [-0.39, 0.29) is 12.2 Å². The largest absolute Gasteiger partial charge is 0.418 e. The minimum Gasteiger partial charge on any atom is -0.378 e. The van der Waals surface area contributed by atoms with Crippen LogP contribution < -0.4 is 10.6 Å². The van der Waals surface area contributed by atoms with E-state index in [1.807, 2.05) is 0 Å². The van der Waals surface area contributed by atoms with Crippen LogP contribution in [0.15, 0.2) is 18.2 Å². The van der Waals surface area contributed by atoms with Crippen molar-refractivity contribution in [2.75, 3.05) is 31.2 Å². The number of alkyl halides is 3. The van der Waals surface area contributed by atoms with E-state index < -0.39 is 11.7 Å². The van der Waals surface area contributed by atoms with E-state index in [1.54, 1.807) is 11.0 Å². The van der Waals surface area contributed by atoms with Gasteiger partial charge in [0.2, 0.25) is 0 Å². The van der Waals surface area contributed by atoms with Crippen LogP contribution in [-0.2, 0) is 17.5 Å². The van der Waals surface area contributed by atoms with Crippen LogP contribution >= 0.6 is 0 Å². The van der Waals surface area contributed by atoms with Crippen LogP contribution in [0.1, 0.15) is 11.1 Å². The van der Waals surface area contributed by atoms with Gasteiger partial charge in [-0.1, -0.05) is 6.07 Å². The highest BCUT2D eigenvalue weighted by Crippen LogP contribution is 2.37. The van der Waals surface area contributed by atoms with Gasteiger partial charge in [-0.05, 0) is 17.7 Å². The molecule has 100 valence electrons. The Hall–Kier alpha value is -1.27. The lowest BCUT2D eigenvalue weighted by Gasteiger charge is -2.31. The molecule has 0 saturated carbocycles. The van der Waals surface area contributed by atoms with E-state index in [2.05, 4.69) is 0 Å². The summed E-state index contributed by atoms with van der Waals surface area (Å²) in [6.45, 7) is 1.97. The van der Waals surface area contributed by atoms with Crippen molar-refractivity contribution in [1.29, 1.82) is 0 Å². The van der Waals surface area contributed by atoms with Crippen LogP contribution in [0.5, 0.6) is 0 Å². The summed E-state index contributed by atoms with van der Waals surface area (Å²) in [6, 6.07) is 4.27. The number of ether oxygens (including phenoxy) is 1. The SMILES string of the molecule is NCc1ccc(N2CCOCC2)c(C(F)(F)F)c1. The van der Waals surface area contributed by atoms with E-state index >= 15 is 0 Å². The Labute approximate surface area is 103 Å². The second-order valence-electron chi connectivity index (χ2n) is 4.15. The van der Waals surface area contributed by atoms with Crippen molar-refractivity contribution in [2.45, 2.75) is 12.7 Å². The number of nitrogens with zero attached hydrogens (tertiary/aromatic N) is 1. The first kappa shape index (κ1) is 13.2. The highest BCUT2D eigenvalue weighted by Gasteiger charge is 2.35. The molecule has 1 heterocycles. The number of rotatable bonds is 2. The summed E-state index contributed by atoms with van der Waals surface area (Å²) in [4.78, 5) is 1.70. The summed E-state index contributed by atoms with van der Waals surface area (Å²) in [5.41, 5.74) is 5.47. The molecule has 1 saturated heterocycles. The molecule has 1 aromatic rings. The van der Waals surface area contributed by atoms with Crippen LogP contribution in [0.4, 0.5) is 18.9 Å². The highest BCUT2D eigenvalue weighted by atomic mass is 19.4. The molecule has 1 aliphatic heterocycles. The van der Waals surface area contributed by atoms with Gasteiger partial charge in [-0.25, -0.2) is 0 Å². The summed E-state index contributed by atoms with van der Waals surface area (Å²) < 4.78 is 44.2. The van der Waals surface area contributed by atoms with Gasteiger partial charge in [0, 0.05) is 25.3 Å². The minimum absolute atomic E-state index is 0.104. The van der Waals surface area contributed by atoms with Crippen molar-refractivity contribution in [3.05, 3.63) is 29.3 Å². The maximum absolute atomic E-state index is 13.0. The number of nitrogens with two attached hydrogens (primary N) is 1. The van der Waals surface area contributed by atoms with Gasteiger partial charge in [0.1, 0.15) is 0 Å². The Kier molecular flexibility index (Phi) is 3.77. The van der Waals surface area contributed by atoms with E-state index in [1.165, 1.54) is 6.07 Å². The van der Waals surface area contributed by atoms with E-state index in [4.69, 9.17) is 10.5 Å². The quantitative estimate of drug-likeness (QED) is 0.884. The molecule has 0 amide bonds. The summed E-state index contributed by atoms with van der Waals surface area (Å²) >= 11 is 0. The molecule has 6 heteroatoms. The Bertz CT molecular complexity index is 414. The third-order valence-electron chi connectivity index (χ3n) is 2.95. The van der Waals surface area contributed by atoms with Gasteiger partial charge >= 0.3 is 6.18 Å². The molecule has 0 bridgehead atoms. The van der Waals surface area contributed by atoms with E-state index in [0.29, 0.717) is 31.9 Å². The molecule has 1 aromatic carbocycles. The molecule has 0 aliphatic carbocycles. The van der Waals surface area contributed by atoms with Crippen LogP contribution in [0.25, 0.3) is 0 Å². The molecule has 0 atom stereocenters. The minimum atomic E-state index is -4.36. The predicted molar refractivity (Wildman–Crippen MR) is 62.4 cm³/mol. The number of hydrogen-bond donors (Lipinski definition) is 1. The zero-order chi connectivity index (χ0) is 13.2. The second kappa shape index (κ2) is 5.16. The molecule has 3 nitrogen and oxygen atoms in total. The number of anilines is 1. The van der Waals surface area contributed by atoms with Gasteiger partial charge < -0.3 is 15.4 Å². The van der Waals surface area contributed by atoms with E-state index in [0.717, 1.165) is 6.07 Å². The summed E-state index contributed by atoms with van der Waals surface area (Å²) in [5.74, 6) is 0. The van der Waals surface area contributed by atoms with Gasteiger partial charge in [0.25, 0.3) is 0 Å². The Morgan fingerprint density at radius 1 is 1.22 bits per heavy atom. The van der Waals surface area contributed by atoms with Crippen molar-refractivity contribution >= 4 is 5.69 Å². The molecule has 1 aliphatic rings. The molecule has 0 aromatic heterocycles. The summed E-state index contributed by atoms with van der Waals surface area (Å²) in [5, 5.41) is 0. The molecule has 2 rings (SSSR count). The summed E-state index contributed by atoms with van der Waals surface area (Å²) in [7, 11) is 0. The first-order valence-corrected chi connectivity index (χ1v) is 5.75. The topological polar surface area (TPSA) is 38.5 Å². The second-order valence-corrected chi connectivity index (χ2v) is 4.15. The third kappa shape index (κ3) is 2.76. The fraction of sp³-hybridized carbons (Fsp3) is 0.500. The lowest BCUT2D eigenvalue weighted by molar-refractivity contribution is -0.137. The Balaban J connectivity index is 2.38. The van der Waals surface area contributed by atoms with Crippen molar-refractivity contribution in [1.82, 2.24) is 0 Å². The first-order chi connectivity index (χ1) is 8.52. The standard InChI is InChI=1S/C12H15F3N2O/c13-12(14,15)10-7-9(8-16)1-2-11(10)17-3-5-18-6-4-17/h1-2,7H,3-6,8,16H2. The van der Waals surface area contributed by atoms with E-state index in [9.17, 15) is 13.2 Å².